The first-order chi connectivity index (χ1) is 13.6. The number of ketones is 1. The number of hydrogen-bond donors (Lipinski definition) is 2. The summed E-state index contributed by atoms with van der Waals surface area (Å²) in [6, 6.07) is 7.35. The number of nitrogens with zero attached hydrogens (tertiary/aromatic N) is 3. The fourth-order valence-corrected chi connectivity index (χ4v) is 3.87. The minimum absolute atomic E-state index is 0.181. The first-order valence-electron chi connectivity index (χ1n) is 9.84. The number of aliphatic hydroxyl groups excluding tert-OH is 1. The van der Waals surface area contributed by atoms with Gasteiger partial charge in [-0.25, -0.2) is 14.4 Å². The van der Waals surface area contributed by atoms with Crippen molar-refractivity contribution in [2.75, 3.05) is 31.1 Å². The minimum atomic E-state index is -0.524. The molecule has 2 aliphatic rings. The number of carbonyl (C=O) groups excluding carboxylic acids is 1. The summed E-state index contributed by atoms with van der Waals surface area (Å²) >= 11 is 0. The van der Waals surface area contributed by atoms with Crippen molar-refractivity contribution in [3.8, 4) is 0 Å². The normalized spacial score (nSPS) is 22.3. The highest BCUT2D eigenvalue weighted by molar-refractivity contribution is 5.96. The van der Waals surface area contributed by atoms with Crippen molar-refractivity contribution >= 4 is 11.7 Å². The first-order valence-corrected chi connectivity index (χ1v) is 9.84. The summed E-state index contributed by atoms with van der Waals surface area (Å²) in [4.78, 5) is 22.1. The van der Waals surface area contributed by atoms with E-state index >= 15 is 0 Å². The number of halogens is 1. The molecular weight excluding hydrogens is 359 g/mol. The number of nitrogens with one attached hydrogen (secondary N) is 1. The van der Waals surface area contributed by atoms with Crippen LogP contribution in [0.25, 0.3) is 0 Å². The van der Waals surface area contributed by atoms with E-state index in [9.17, 15) is 9.18 Å². The van der Waals surface area contributed by atoms with Crippen LogP contribution in [0.5, 0.6) is 0 Å². The zero-order valence-electron chi connectivity index (χ0n) is 15.7. The summed E-state index contributed by atoms with van der Waals surface area (Å²) < 4.78 is 13.0. The van der Waals surface area contributed by atoms with E-state index in [2.05, 4.69) is 20.2 Å². The largest absolute Gasteiger partial charge is 0.388 e. The van der Waals surface area contributed by atoms with Crippen LogP contribution in [0.4, 0.5) is 10.3 Å². The van der Waals surface area contributed by atoms with Crippen LogP contribution in [-0.2, 0) is 0 Å². The standard InChI is InChI=1S/C21H25FN4O2/c22-17-3-1-15(2-4-17)18-9-19(18)23-10-14-5-7-26(8-6-14)21-24-11-16(12-25-21)20(28)13-27/h1-4,11-12,14,18-19,23,27H,5-10,13H2. The third-order valence-electron chi connectivity index (χ3n) is 5.76. The molecule has 0 amide bonds. The van der Waals surface area contributed by atoms with E-state index < -0.39 is 6.61 Å². The number of piperidine rings is 1. The fourth-order valence-electron chi connectivity index (χ4n) is 3.87. The summed E-state index contributed by atoms with van der Waals surface area (Å²) in [5, 5.41) is 12.6. The molecule has 2 N–H and O–H groups in total. The minimum Gasteiger partial charge on any atom is -0.388 e. The summed E-state index contributed by atoms with van der Waals surface area (Å²) in [6.07, 6.45) is 6.23. The summed E-state index contributed by atoms with van der Waals surface area (Å²) in [6.45, 7) is 2.27. The first kappa shape index (κ1) is 19.0. The average Bonchev–Trinajstić information content (AvgIpc) is 3.52. The Balaban J connectivity index is 1.21. The van der Waals surface area contributed by atoms with Crippen LogP contribution >= 0.6 is 0 Å². The molecular formula is C21H25FN4O2. The number of carbonyl (C=O) groups is 1. The van der Waals surface area contributed by atoms with Crippen LogP contribution in [0.3, 0.4) is 0 Å². The molecule has 1 aliphatic carbocycles. The lowest BCUT2D eigenvalue weighted by atomic mass is 9.97. The van der Waals surface area contributed by atoms with E-state index in [0.717, 1.165) is 38.9 Å². The van der Waals surface area contributed by atoms with Crippen molar-refractivity contribution < 1.29 is 14.3 Å². The van der Waals surface area contributed by atoms with E-state index in [1.807, 2.05) is 12.1 Å². The second kappa shape index (κ2) is 8.32. The lowest BCUT2D eigenvalue weighted by Crippen LogP contribution is -2.38. The Kier molecular flexibility index (Phi) is 5.64. The molecule has 1 aliphatic heterocycles. The molecule has 2 atom stereocenters. The summed E-state index contributed by atoms with van der Waals surface area (Å²) in [5.74, 6) is 1.23. The Bertz CT molecular complexity index is 804. The van der Waals surface area contributed by atoms with Crippen LogP contribution < -0.4 is 10.2 Å². The van der Waals surface area contributed by atoms with Gasteiger partial charge in [-0.3, -0.25) is 4.79 Å². The molecule has 1 saturated carbocycles. The van der Waals surface area contributed by atoms with Crippen molar-refractivity contribution in [2.45, 2.75) is 31.2 Å². The smallest absolute Gasteiger partial charge is 0.225 e. The molecule has 1 saturated heterocycles. The van der Waals surface area contributed by atoms with Crippen molar-refractivity contribution in [3.63, 3.8) is 0 Å². The molecule has 2 aromatic rings. The molecule has 2 fully saturated rings. The zero-order valence-corrected chi connectivity index (χ0v) is 15.7. The molecule has 1 aromatic heterocycles. The summed E-state index contributed by atoms with van der Waals surface area (Å²) in [5.41, 5.74) is 1.56. The van der Waals surface area contributed by atoms with E-state index in [-0.39, 0.29) is 11.6 Å². The van der Waals surface area contributed by atoms with Crippen LogP contribution in [0.15, 0.2) is 36.7 Å². The van der Waals surface area contributed by atoms with E-state index in [1.54, 1.807) is 0 Å². The second-order valence-electron chi connectivity index (χ2n) is 7.69. The zero-order chi connectivity index (χ0) is 19.5. The number of aromatic nitrogens is 2. The quantitative estimate of drug-likeness (QED) is 0.713. The number of benzene rings is 1. The van der Waals surface area contributed by atoms with Crippen LogP contribution in [0.2, 0.25) is 0 Å². The Labute approximate surface area is 163 Å². The van der Waals surface area contributed by atoms with Gasteiger partial charge in [0.05, 0.1) is 5.56 Å². The Morgan fingerprint density at radius 1 is 1.18 bits per heavy atom. The lowest BCUT2D eigenvalue weighted by molar-refractivity contribution is 0.0903. The van der Waals surface area contributed by atoms with Gasteiger partial charge in [-0.15, -0.1) is 0 Å². The van der Waals surface area contributed by atoms with Crippen LogP contribution in [0, 0.1) is 11.7 Å². The maximum absolute atomic E-state index is 13.0. The predicted octanol–water partition coefficient (Wildman–Crippen LogP) is 2.15. The van der Waals surface area contributed by atoms with Gasteiger partial charge < -0.3 is 15.3 Å². The SMILES string of the molecule is O=C(CO)c1cnc(N2CCC(CNC3CC3c3ccc(F)cc3)CC2)nc1. The maximum Gasteiger partial charge on any atom is 0.225 e. The Morgan fingerprint density at radius 2 is 1.86 bits per heavy atom. The Hall–Kier alpha value is -2.38. The number of rotatable bonds is 7. The van der Waals surface area contributed by atoms with Gasteiger partial charge in [-0.05, 0) is 49.4 Å². The number of aliphatic hydroxyl groups is 1. The highest BCUT2D eigenvalue weighted by Crippen LogP contribution is 2.41. The van der Waals surface area contributed by atoms with Gasteiger partial charge in [0.15, 0.2) is 5.78 Å². The molecule has 2 unspecified atom stereocenters. The molecule has 4 rings (SSSR count). The van der Waals surface area contributed by atoms with Crippen molar-refractivity contribution in [3.05, 3.63) is 53.6 Å². The predicted molar refractivity (Wildman–Crippen MR) is 104 cm³/mol. The fraction of sp³-hybridized carbons (Fsp3) is 0.476. The Morgan fingerprint density at radius 3 is 2.50 bits per heavy atom. The van der Waals surface area contributed by atoms with E-state index in [1.165, 1.54) is 30.1 Å². The van der Waals surface area contributed by atoms with Gasteiger partial charge in [-0.1, -0.05) is 12.1 Å². The summed E-state index contributed by atoms with van der Waals surface area (Å²) in [7, 11) is 0. The highest BCUT2D eigenvalue weighted by atomic mass is 19.1. The van der Waals surface area contributed by atoms with Gasteiger partial charge in [-0.2, -0.15) is 0 Å². The number of anilines is 1. The second-order valence-corrected chi connectivity index (χ2v) is 7.69. The van der Waals surface area contributed by atoms with Crippen LogP contribution in [-0.4, -0.2) is 53.1 Å². The molecule has 0 spiro atoms. The lowest BCUT2D eigenvalue weighted by Gasteiger charge is -2.32. The molecule has 28 heavy (non-hydrogen) atoms. The average molecular weight is 384 g/mol. The van der Waals surface area contributed by atoms with Crippen molar-refractivity contribution in [1.82, 2.24) is 15.3 Å². The van der Waals surface area contributed by atoms with Gasteiger partial charge >= 0.3 is 0 Å². The molecule has 0 bridgehead atoms. The molecule has 1 aromatic carbocycles. The maximum atomic E-state index is 13.0. The van der Waals surface area contributed by atoms with Crippen molar-refractivity contribution in [1.29, 1.82) is 0 Å². The molecule has 2 heterocycles. The van der Waals surface area contributed by atoms with Gasteiger partial charge in [0.25, 0.3) is 0 Å². The number of Topliss-reactive ketones (excluding diaryl/α,β-unsaturated/α-hetero) is 1. The number of hydrogen-bond acceptors (Lipinski definition) is 6. The third-order valence-corrected chi connectivity index (χ3v) is 5.76. The highest BCUT2D eigenvalue weighted by Gasteiger charge is 2.38. The van der Waals surface area contributed by atoms with Gasteiger partial charge in [0.1, 0.15) is 12.4 Å². The topological polar surface area (TPSA) is 78.3 Å². The third kappa shape index (κ3) is 4.36. The van der Waals surface area contributed by atoms with Crippen molar-refractivity contribution in [2.24, 2.45) is 5.92 Å². The monoisotopic (exact) mass is 384 g/mol. The van der Waals surface area contributed by atoms with Gasteiger partial charge in [0, 0.05) is 37.4 Å². The molecule has 148 valence electrons. The van der Waals surface area contributed by atoms with Gasteiger partial charge in [0.2, 0.25) is 5.95 Å². The molecule has 6 nitrogen and oxygen atoms in total. The van der Waals surface area contributed by atoms with Crippen LogP contribution in [0.1, 0.15) is 41.1 Å². The van der Waals surface area contributed by atoms with E-state index in [4.69, 9.17) is 5.11 Å². The molecule has 0 radical (unpaired) electrons. The molecule has 7 heteroatoms. The van der Waals surface area contributed by atoms with E-state index in [0.29, 0.717) is 29.4 Å².